The molecule has 4 nitrogen and oxygen atoms in total. The van der Waals surface area contributed by atoms with Gasteiger partial charge in [-0.25, -0.2) is 14.4 Å². The van der Waals surface area contributed by atoms with E-state index in [1.165, 1.54) is 31.4 Å². The largest absolute Gasteiger partial charge is 0.395 e. The van der Waals surface area contributed by atoms with Crippen molar-refractivity contribution in [2.45, 2.75) is 25.2 Å². The van der Waals surface area contributed by atoms with E-state index in [1.54, 1.807) is 24.5 Å². The highest BCUT2D eigenvalue weighted by molar-refractivity contribution is 5.35. The molecule has 1 fully saturated rings. The van der Waals surface area contributed by atoms with Crippen molar-refractivity contribution in [2.75, 3.05) is 24.6 Å². The maximum Gasteiger partial charge on any atom is 0.225 e. The van der Waals surface area contributed by atoms with Crippen molar-refractivity contribution in [3.05, 3.63) is 53.6 Å². The highest BCUT2D eigenvalue weighted by Gasteiger charge is 2.17. The van der Waals surface area contributed by atoms with Crippen LogP contribution in [0.1, 0.15) is 36.3 Å². The molecule has 3 rings (SSSR count). The molecule has 1 atom stereocenters. The van der Waals surface area contributed by atoms with Gasteiger partial charge < -0.3 is 10.0 Å². The van der Waals surface area contributed by atoms with Crippen molar-refractivity contribution in [3.63, 3.8) is 0 Å². The van der Waals surface area contributed by atoms with Crippen LogP contribution in [0.25, 0.3) is 0 Å². The summed E-state index contributed by atoms with van der Waals surface area (Å²) in [6, 6.07) is 6.19. The fraction of sp³-hybridized carbons (Fsp3) is 0.412. The number of halogens is 1. The molecule has 1 aliphatic rings. The maximum atomic E-state index is 13.0. The first-order valence-electron chi connectivity index (χ1n) is 7.71. The number of hydrogen-bond acceptors (Lipinski definition) is 4. The van der Waals surface area contributed by atoms with E-state index in [1.807, 2.05) is 0 Å². The van der Waals surface area contributed by atoms with E-state index in [0.29, 0.717) is 0 Å². The van der Waals surface area contributed by atoms with Crippen molar-refractivity contribution in [1.29, 1.82) is 0 Å². The molecule has 2 aromatic rings. The number of benzene rings is 1. The monoisotopic (exact) mass is 301 g/mol. The Kier molecular flexibility index (Phi) is 4.63. The molecule has 0 amide bonds. The predicted octanol–water partition coefficient (Wildman–Crippen LogP) is 2.73. The van der Waals surface area contributed by atoms with Crippen molar-refractivity contribution < 1.29 is 9.50 Å². The minimum Gasteiger partial charge on any atom is -0.395 e. The fourth-order valence-electron chi connectivity index (χ4n) is 2.87. The zero-order valence-electron chi connectivity index (χ0n) is 12.5. The SMILES string of the molecule is OCC(c1ccc(F)cc1)c1cnc(N2CCCCC2)nc1. The molecule has 0 bridgehead atoms. The van der Waals surface area contributed by atoms with Crippen LogP contribution >= 0.6 is 0 Å². The van der Waals surface area contributed by atoms with E-state index in [-0.39, 0.29) is 18.3 Å². The van der Waals surface area contributed by atoms with Crippen molar-refractivity contribution in [3.8, 4) is 0 Å². The third-order valence-electron chi connectivity index (χ3n) is 4.15. The average molecular weight is 301 g/mol. The van der Waals surface area contributed by atoms with Gasteiger partial charge in [0.2, 0.25) is 5.95 Å². The maximum absolute atomic E-state index is 13.0. The zero-order chi connectivity index (χ0) is 15.4. The standard InChI is InChI=1S/C17H20FN3O/c18-15-6-4-13(5-7-15)16(12-22)14-10-19-17(20-11-14)21-8-2-1-3-9-21/h4-7,10-11,16,22H,1-3,8-9,12H2. The van der Waals surface area contributed by atoms with E-state index in [4.69, 9.17) is 0 Å². The second kappa shape index (κ2) is 6.83. The Morgan fingerprint density at radius 2 is 1.64 bits per heavy atom. The Hall–Kier alpha value is -2.01. The number of aromatic nitrogens is 2. The molecule has 0 aliphatic carbocycles. The van der Waals surface area contributed by atoms with Gasteiger partial charge in [0, 0.05) is 31.4 Å². The van der Waals surface area contributed by atoms with E-state index in [0.717, 1.165) is 30.2 Å². The molecule has 1 N–H and O–H groups in total. The molecule has 1 saturated heterocycles. The molecule has 1 aromatic heterocycles. The van der Waals surface area contributed by atoms with Gasteiger partial charge in [0.25, 0.3) is 0 Å². The van der Waals surface area contributed by atoms with Gasteiger partial charge >= 0.3 is 0 Å². The zero-order valence-corrected chi connectivity index (χ0v) is 12.5. The van der Waals surface area contributed by atoms with Gasteiger partial charge in [-0.15, -0.1) is 0 Å². The van der Waals surface area contributed by atoms with Gasteiger partial charge in [0.1, 0.15) is 5.82 Å². The number of aliphatic hydroxyl groups is 1. The fourth-order valence-corrected chi connectivity index (χ4v) is 2.87. The van der Waals surface area contributed by atoms with Crippen LogP contribution < -0.4 is 4.90 Å². The summed E-state index contributed by atoms with van der Waals surface area (Å²) in [5, 5.41) is 9.66. The number of rotatable bonds is 4. The minimum absolute atomic E-state index is 0.0575. The lowest BCUT2D eigenvalue weighted by Crippen LogP contribution is -2.31. The van der Waals surface area contributed by atoms with Crippen LogP contribution in [-0.4, -0.2) is 34.8 Å². The van der Waals surface area contributed by atoms with Crippen LogP contribution in [0.2, 0.25) is 0 Å². The number of nitrogens with zero attached hydrogens (tertiary/aromatic N) is 3. The molecule has 22 heavy (non-hydrogen) atoms. The molecule has 1 aromatic carbocycles. The van der Waals surface area contributed by atoms with E-state index < -0.39 is 0 Å². The highest BCUT2D eigenvalue weighted by Crippen LogP contribution is 2.24. The average Bonchev–Trinajstić information content (AvgIpc) is 2.59. The van der Waals surface area contributed by atoms with Crippen LogP contribution in [0.5, 0.6) is 0 Å². The Bertz CT molecular complexity index is 594. The van der Waals surface area contributed by atoms with Crippen LogP contribution in [0.3, 0.4) is 0 Å². The Morgan fingerprint density at radius 3 is 2.23 bits per heavy atom. The normalized spacial score (nSPS) is 16.5. The minimum atomic E-state index is -0.280. The van der Waals surface area contributed by atoms with Crippen LogP contribution in [0, 0.1) is 5.82 Å². The van der Waals surface area contributed by atoms with Crippen LogP contribution in [0.15, 0.2) is 36.7 Å². The lowest BCUT2D eigenvalue weighted by Gasteiger charge is -2.26. The Morgan fingerprint density at radius 1 is 1.00 bits per heavy atom. The molecule has 5 heteroatoms. The van der Waals surface area contributed by atoms with Crippen LogP contribution in [-0.2, 0) is 0 Å². The van der Waals surface area contributed by atoms with Crippen molar-refractivity contribution >= 4 is 5.95 Å². The summed E-state index contributed by atoms with van der Waals surface area (Å²) in [6.45, 7) is 1.94. The quantitative estimate of drug-likeness (QED) is 0.943. The van der Waals surface area contributed by atoms with Gasteiger partial charge in [-0.2, -0.15) is 0 Å². The molecule has 0 spiro atoms. The summed E-state index contributed by atoms with van der Waals surface area (Å²) in [5.74, 6) is 0.243. The molecular weight excluding hydrogens is 281 g/mol. The predicted molar refractivity (Wildman–Crippen MR) is 83.4 cm³/mol. The van der Waals surface area contributed by atoms with Crippen molar-refractivity contribution in [2.24, 2.45) is 0 Å². The summed E-state index contributed by atoms with van der Waals surface area (Å²) < 4.78 is 13.0. The molecule has 0 radical (unpaired) electrons. The van der Waals surface area contributed by atoms with Crippen molar-refractivity contribution in [1.82, 2.24) is 9.97 Å². The third kappa shape index (κ3) is 3.25. The summed E-state index contributed by atoms with van der Waals surface area (Å²) >= 11 is 0. The molecule has 116 valence electrons. The topological polar surface area (TPSA) is 49.3 Å². The lowest BCUT2D eigenvalue weighted by atomic mass is 9.94. The third-order valence-corrected chi connectivity index (χ3v) is 4.15. The van der Waals surface area contributed by atoms with Gasteiger partial charge in [0.15, 0.2) is 0 Å². The Balaban J connectivity index is 1.79. The highest BCUT2D eigenvalue weighted by atomic mass is 19.1. The van der Waals surface area contributed by atoms with Crippen LogP contribution in [0.4, 0.5) is 10.3 Å². The molecular formula is C17H20FN3O. The summed E-state index contributed by atoms with van der Waals surface area (Å²) in [6.07, 6.45) is 7.16. The van der Waals surface area contributed by atoms with E-state index >= 15 is 0 Å². The van der Waals surface area contributed by atoms with E-state index in [2.05, 4.69) is 14.9 Å². The Labute approximate surface area is 129 Å². The first kappa shape index (κ1) is 14.9. The second-order valence-electron chi connectivity index (χ2n) is 5.65. The second-order valence-corrected chi connectivity index (χ2v) is 5.65. The summed E-state index contributed by atoms with van der Waals surface area (Å²) in [4.78, 5) is 11.1. The number of anilines is 1. The summed E-state index contributed by atoms with van der Waals surface area (Å²) in [5.41, 5.74) is 1.70. The van der Waals surface area contributed by atoms with Gasteiger partial charge in [0.05, 0.1) is 6.61 Å². The molecule has 0 saturated carbocycles. The van der Waals surface area contributed by atoms with Gasteiger partial charge in [-0.05, 0) is 42.5 Å². The molecule has 2 heterocycles. The van der Waals surface area contributed by atoms with E-state index in [9.17, 15) is 9.50 Å². The van der Waals surface area contributed by atoms with Gasteiger partial charge in [-0.1, -0.05) is 12.1 Å². The number of piperidine rings is 1. The molecule has 1 aliphatic heterocycles. The number of aliphatic hydroxyl groups excluding tert-OH is 1. The summed E-state index contributed by atoms with van der Waals surface area (Å²) in [7, 11) is 0. The number of hydrogen-bond donors (Lipinski definition) is 1. The smallest absolute Gasteiger partial charge is 0.225 e. The first-order chi connectivity index (χ1) is 10.8. The lowest BCUT2D eigenvalue weighted by molar-refractivity contribution is 0.280. The first-order valence-corrected chi connectivity index (χ1v) is 7.71. The molecule has 1 unspecified atom stereocenters. The van der Waals surface area contributed by atoms with Gasteiger partial charge in [-0.3, -0.25) is 0 Å².